The van der Waals surface area contributed by atoms with Crippen LogP contribution in [-0.4, -0.2) is 23.6 Å². The van der Waals surface area contributed by atoms with Gasteiger partial charge < -0.3 is 5.32 Å². The Morgan fingerprint density at radius 1 is 1.53 bits per heavy atom. The highest BCUT2D eigenvalue weighted by atomic mass is 16.1. The zero-order valence-electron chi connectivity index (χ0n) is 11.0. The summed E-state index contributed by atoms with van der Waals surface area (Å²) in [5.74, 6) is 1.45. The summed E-state index contributed by atoms with van der Waals surface area (Å²) in [4.78, 5) is 16.8. The second-order valence-corrected chi connectivity index (χ2v) is 4.55. The predicted octanol–water partition coefficient (Wildman–Crippen LogP) is 1.20. The third-order valence-corrected chi connectivity index (χ3v) is 3.49. The number of nitrogens with zero attached hydrogens (tertiary/aromatic N) is 3. The van der Waals surface area contributed by atoms with Crippen molar-refractivity contribution in [2.45, 2.75) is 20.3 Å². The number of allylic oxidation sites excluding steroid dienone is 1. The zero-order chi connectivity index (χ0) is 12.8. The average Bonchev–Trinajstić information content (AvgIpc) is 2.91. The van der Waals surface area contributed by atoms with E-state index in [1.165, 1.54) is 5.70 Å². The van der Waals surface area contributed by atoms with E-state index in [1.807, 2.05) is 6.92 Å². The molecule has 1 aromatic rings. The predicted molar refractivity (Wildman–Crippen MR) is 69.9 cm³/mol. The van der Waals surface area contributed by atoms with Crippen LogP contribution in [0.3, 0.4) is 0 Å². The van der Waals surface area contributed by atoms with E-state index in [1.54, 1.807) is 18.7 Å². The first-order chi connectivity index (χ1) is 7.95. The van der Waals surface area contributed by atoms with Crippen molar-refractivity contribution in [2.24, 2.45) is 7.05 Å². The maximum absolute atomic E-state index is 12.2. The lowest BCUT2D eigenvalue weighted by Crippen LogP contribution is -2.32. The molecule has 92 valence electrons. The van der Waals surface area contributed by atoms with Crippen LogP contribution >= 0.6 is 0 Å². The molecule has 0 spiro atoms. The van der Waals surface area contributed by atoms with Gasteiger partial charge in [0, 0.05) is 21.0 Å². The first kappa shape index (κ1) is 11.9. The molecule has 17 heavy (non-hydrogen) atoms. The van der Waals surface area contributed by atoms with Crippen molar-refractivity contribution in [2.75, 3.05) is 19.4 Å². The van der Waals surface area contributed by atoms with Crippen LogP contribution in [0.1, 0.15) is 19.4 Å². The van der Waals surface area contributed by atoms with Gasteiger partial charge in [-0.15, -0.1) is 0 Å². The van der Waals surface area contributed by atoms with Crippen molar-refractivity contribution in [1.29, 1.82) is 0 Å². The van der Waals surface area contributed by atoms with Gasteiger partial charge in [-0.3, -0.25) is 9.36 Å². The van der Waals surface area contributed by atoms with Gasteiger partial charge in [-0.2, -0.15) is 4.98 Å². The lowest BCUT2D eigenvalue weighted by molar-refractivity contribution is 0.635. The summed E-state index contributed by atoms with van der Waals surface area (Å²) in [6.45, 7) is 4.05. The van der Waals surface area contributed by atoms with Crippen LogP contribution in [-0.2, 0) is 13.5 Å². The zero-order valence-corrected chi connectivity index (χ0v) is 11.0. The molecule has 1 unspecified atom stereocenters. The summed E-state index contributed by atoms with van der Waals surface area (Å²) in [5, 5.41) is 2.96. The van der Waals surface area contributed by atoms with Crippen LogP contribution in [0.15, 0.2) is 16.7 Å². The molecule has 1 aliphatic heterocycles. The summed E-state index contributed by atoms with van der Waals surface area (Å²) < 4.78 is 2.14. The van der Waals surface area contributed by atoms with E-state index in [-0.39, 0.29) is 5.56 Å². The number of nitrogens with one attached hydrogen (secondary N) is 1. The number of hydrogen-bond donors (Lipinski definition) is 1. The maximum atomic E-state index is 12.2. The molecule has 0 radical (unpaired) electrons. The lowest BCUT2D eigenvalue weighted by atomic mass is 10.2. The normalized spacial score (nSPS) is 22.3. The van der Waals surface area contributed by atoms with Crippen molar-refractivity contribution < 1.29 is 0 Å². The van der Waals surface area contributed by atoms with Crippen LogP contribution in [0.4, 0.5) is 11.8 Å². The Hall–Kier alpha value is -1.62. The SMILES string of the molecule is CCc1c([N+]2(C)C=C2C)nc(NC)n(C)c1=O. The van der Waals surface area contributed by atoms with Crippen LogP contribution in [0.25, 0.3) is 0 Å². The molecule has 1 aromatic heterocycles. The fraction of sp³-hybridized carbons (Fsp3) is 0.500. The van der Waals surface area contributed by atoms with Gasteiger partial charge in [0.25, 0.3) is 5.56 Å². The van der Waals surface area contributed by atoms with Crippen molar-refractivity contribution in [1.82, 2.24) is 14.0 Å². The Balaban J connectivity index is 2.67. The summed E-state index contributed by atoms with van der Waals surface area (Å²) in [5.41, 5.74) is 2.05. The monoisotopic (exact) mass is 235 g/mol. The van der Waals surface area contributed by atoms with Gasteiger partial charge in [-0.05, 0) is 6.42 Å². The largest absolute Gasteiger partial charge is 0.358 e. The van der Waals surface area contributed by atoms with Crippen molar-refractivity contribution >= 4 is 11.8 Å². The molecule has 0 aromatic carbocycles. The molecule has 0 amide bonds. The highest BCUT2D eigenvalue weighted by molar-refractivity contribution is 5.58. The molecule has 2 heterocycles. The van der Waals surface area contributed by atoms with Gasteiger partial charge >= 0.3 is 0 Å². The Morgan fingerprint density at radius 2 is 2.12 bits per heavy atom. The van der Waals surface area contributed by atoms with E-state index < -0.39 is 0 Å². The van der Waals surface area contributed by atoms with E-state index in [9.17, 15) is 4.79 Å². The minimum Gasteiger partial charge on any atom is -0.358 e. The van der Waals surface area contributed by atoms with Gasteiger partial charge in [0.05, 0.1) is 12.6 Å². The standard InChI is InChI=1S/C12H18N4O/c1-6-9-10(16(5)7-8(16)2)14-12(13-3)15(4)11(9)17/h7H,6H2,1-5H3/p+1. The number of rotatable bonds is 3. The quantitative estimate of drug-likeness (QED) is 0.801. The number of aromatic nitrogens is 2. The van der Waals surface area contributed by atoms with Gasteiger partial charge in [0.1, 0.15) is 0 Å². The van der Waals surface area contributed by atoms with Crippen LogP contribution in [0.2, 0.25) is 0 Å². The fourth-order valence-electron chi connectivity index (χ4n) is 2.13. The van der Waals surface area contributed by atoms with E-state index >= 15 is 0 Å². The van der Waals surface area contributed by atoms with E-state index in [0.717, 1.165) is 11.4 Å². The first-order valence-electron chi connectivity index (χ1n) is 5.80. The third kappa shape index (κ3) is 1.58. The average molecular weight is 235 g/mol. The molecule has 5 nitrogen and oxygen atoms in total. The third-order valence-electron chi connectivity index (χ3n) is 3.49. The second-order valence-electron chi connectivity index (χ2n) is 4.55. The smallest absolute Gasteiger partial charge is 0.264 e. The molecule has 1 N–H and O–H groups in total. The number of hydrogen-bond acceptors (Lipinski definition) is 3. The highest BCUT2D eigenvalue weighted by Gasteiger charge is 2.44. The van der Waals surface area contributed by atoms with Crippen molar-refractivity contribution in [3.63, 3.8) is 0 Å². The fourth-order valence-corrected chi connectivity index (χ4v) is 2.13. The van der Waals surface area contributed by atoms with Gasteiger partial charge in [0.15, 0.2) is 11.9 Å². The summed E-state index contributed by atoms with van der Waals surface area (Å²) >= 11 is 0. The molecular formula is C12H19N4O+. The molecule has 0 saturated heterocycles. The van der Waals surface area contributed by atoms with Crippen LogP contribution in [0, 0.1) is 0 Å². The van der Waals surface area contributed by atoms with Crippen LogP contribution in [0.5, 0.6) is 0 Å². The number of anilines is 1. The Kier molecular flexibility index (Phi) is 2.58. The van der Waals surface area contributed by atoms with E-state index in [4.69, 9.17) is 0 Å². The first-order valence-corrected chi connectivity index (χ1v) is 5.80. The number of quaternary nitrogens is 1. The molecule has 5 heteroatoms. The van der Waals surface area contributed by atoms with Crippen molar-refractivity contribution in [3.8, 4) is 0 Å². The Labute approximate surface area is 101 Å². The summed E-state index contributed by atoms with van der Waals surface area (Å²) in [7, 11) is 5.57. The molecule has 1 aliphatic rings. The molecule has 1 atom stereocenters. The summed E-state index contributed by atoms with van der Waals surface area (Å²) in [6.07, 6.45) is 2.80. The van der Waals surface area contributed by atoms with Gasteiger partial charge in [0.2, 0.25) is 11.8 Å². The molecular weight excluding hydrogens is 216 g/mol. The van der Waals surface area contributed by atoms with Gasteiger partial charge in [-0.1, -0.05) is 6.92 Å². The topological polar surface area (TPSA) is 46.9 Å². The minimum absolute atomic E-state index is 0.0364. The molecule has 0 aliphatic carbocycles. The van der Waals surface area contributed by atoms with Crippen LogP contribution < -0.4 is 15.4 Å². The van der Waals surface area contributed by atoms with Gasteiger partial charge in [-0.25, -0.2) is 4.48 Å². The molecule has 0 saturated carbocycles. The van der Waals surface area contributed by atoms with Crippen molar-refractivity contribution in [3.05, 3.63) is 27.8 Å². The highest BCUT2D eigenvalue weighted by Crippen LogP contribution is 2.38. The summed E-state index contributed by atoms with van der Waals surface area (Å²) in [6, 6.07) is 0. The molecule has 2 rings (SSSR count). The lowest BCUT2D eigenvalue weighted by Gasteiger charge is -2.17. The second kappa shape index (κ2) is 3.70. The molecule has 0 bridgehead atoms. The Bertz CT molecular complexity index is 558. The minimum atomic E-state index is 0.0364. The Morgan fingerprint density at radius 3 is 2.53 bits per heavy atom. The van der Waals surface area contributed by atoms with E-state index in [2.05, 4.69) is 30.5 Å². The van der Waals surface area contributed by atoms with E-state index in [0.29, 0.717) is 16.9 Å². The maximum Gasteiger partial charge on any atom is 0.264 e. The molecule has 0 fully saturated rings.